The molecule has 0 unspecified atom stereocenters. The van der Waals surface area contributed by atoms with Crippen LogP contribution >= 0.6 is 0 Å². The van der Waals surface area contributed by atoms with Crippen molar-refractivity contribution >= 4 is 12.0 Å². The van der Waals surface area contributed by atoms with Crippen LogP contribution in [0.5, 0.6) is 0 Å². The molecule has 3 heterocycles. The van der Waals surface area contributed by atoms with E-state index in [-0.39, 0.29) is 36.6 Å². The van der Waals surface area contributed by atoms with Gasteiger partial charge < -0.3 is 20.0 Å². The molecule has 248 valence electrons. The Hall–Kier alpha value is -5.18. The molecule has 0 aliphatic carbocycles. The van der Waals surface area contributed by atoms with E-state index in [0.29, 0.717) is 6.54 Å². The predicted octanol–water partition coefficient (Wildman–Crippen LogP) is 8.47. The van der Waals surface area contributed by atoms with E-state index in [0.717, 1.165) is 63.7 Å². The number of carbonyl (C=O) groups excluding carboxylic acids is 2. The Kier molecular flexibility index (Phi) is 9.48. The van der Waals surface area contributed by atoms with Crippen LogP contribution in [0.2, 0.25) is 0 Å². The number of imidazole rings is 2. The number of H-pyrrole nitrogens is 2. The lowest BCUT2D eigenvalue weighted by Gasteiger charge is -2.25. The SMILES string of the molecule is CC(C)[C@H](NC(=O)C(C)(C)C)c1ncc(-c2ccc(-c3ccc(-c4cnc([C@@H]5CCCN5C(=O)OCc5ccccc5)[nH]4)cc3)cc2)[nH]1. The number of nitrogens with zero attached hydrogens (tertiary/aromatic N) is 3. The summed E-state index contributed by atoms with van der Waals surface area (Å²) in [6.07, 6.45) is 5.10. The summed E-state index contributed by atoms with van der Waals surface area (Å²) >= 11 is 0. The van der Waals surface area contributed by atoms with Crippen LogP contribution in [0, 0.1) is 11.3 Å². The average Bonchev–Trinajstić information content (AvgIpc) is 3.88. The largest absolute Gasteiger partial charge is 0.445 e. The molecule has 1 aliphatic heterocycles. The lowest BCUT2D eigenvalue weighted by atomic mass is 9.94. The molecule has 5 aromatic rings. The van der Waals surface area contributed by atoms with E-state index in [1.165, 1.54) is 0 Å². The summed E-state index contributed by atoms with van der Waals surface area (Å²) in [6.45, 7) is 10.8. The molecule has 1 fully saturated rings. The van der Waals surface area contributed by atoms with Crippen LogP contribution in [-0.4, -0.2) is 43.4 Å². The van der Waals surface area contributed by atoms with Crippen molar-refractivity contribution in [1.29, 1.82) is 0 Å². The van der Waals surface area contributed by atoms with Gasteiger partial charge in [-0.1, -0.05) is 113 Å². The van der Waals surface area contributed by atoms with Gasteiger partial charge in [-0.25, -0.2) is 14.8 Å². The minimum absolute atomic E-state index is 0.000282. The zero-order chi connectivity index (χ0) is 33.8. The fourth-order valence-corrected chi connectivity index (χ4v) is 5.96. The number of rotatable bonds is 9. The van der Waals surface area contributed by atoms with E-state index in [4.69, 9.17) is 4.74 Å². The molecule has 1 aliphatic rings. The van der Waals surface area contributed by atoms with Gasteiger partial charge in [-0.05, 0) is 46.6 Å². The zero-order valence-corrected chi connectivity index (χ0v) is 28.3. The number of aromatic nitrogens is 4. The maximum absolute atomic E-state index is 12.9. The van der Waals surface area contributed by atoms with Gasteiger partial charge in [-0.3, -0.25) is 9.69 Å². The average molecular weight is 645 g/mol. The van der Waals surface area contributed by atoms with Crippen LogP contribution in [0.15, 0.2) is 91.3 Å². The number of likely N-dealkylation sites (tertiary alicyclic amines) is 1. The van der Waals surface area contributed by atoms with Gasteiger partial charge >= 0.3 is 6.09 Å². The Morgan fingerprint density at radius 1 is 0.854 bits per heavy atom. The third kappa shape index (κ3) is 7.35. The normalized spacial score (nSPS) is 15.5. The van der Waals surface area contributed by atoms with Crippen LogP contribution in [0.4, 0.5) is 4.79 Å². The van der Waals surface area contributed by atoms with Crippen molar-refractivity contribution in [3.05, 3.63) is 108 Å². The molecule has 9 heteroatoms. The van der Waals surface area contributed by atoms with E-state index in [1.54, 1.807) is 4.90 Å². The van der Waals surface area contributed by atoms with E-state index in [9.17, 15) is 9.59 Å². The van der Waals surface area contributed by atoms with Crippen LogP contribution in [-0.2, 0) is 16.1 Å². The number of carbonyl (C=O) groups is 2. The molecule has 48 heavy (non-hydrogen) atoms. The fourth-order valence-electron chi connectivity index (χ4n) is 5.96. The second-order valence-electron chi connectivity index (χ2n) is 13.9. The van der Waals surface area contributed by atoms with Gasteiger partial charge in [0.15, 0.2) is 0 Å². The van der Waals surface area contributed by atoms with Crippen molar-refractivity contribution in [2.75, 3.05) is 6.54 Å². The Balaban J connectivity index is 1.09. The van der Waals surface area contributed by atoms with Gasteiger partial charge in [-0.15, -0.1) is 0 Å². The van der Waals surface area contributed by atoms with Gasteiger partial charge in [0.25, 0.3) is 0 Å². The van der Waals surface area contributed by atoms with Crippen LogP contribution < -0.4 is 5.32 Å². The molecule has 2 aromatic heterocycles. The highest BCUT2D eigenvalue weighted by Crippen LogP contribution is 2.33. The summed E-state index contributed by atoms with van der Waals surface area (Å²) in [6, 6.07) is 26.1. The standard InChI is InChI=1S/C39H44N6O3/c1-25(2)34(44-37(46)39(3,4)5)36-41-23-32(43-36)30-19-15-28(16-20-30)27-13-17-29(18-14-27)31-22-40-35(42-31)33-12-9-21-45(33)38(47)48-24-26-10-7-6-8-11-26/h6-8,10-11,13-20,22-23,25,33-34H,9,12,21,24H2,1-5H3,(H,40,42)(H,41,43)(H,44,46)/t33-,34-/m0/s1. The van der Waals surface area contributed by atoms with E-state index >= 15 is 0 Å². The number of nitrogens with one attached hydrogen (secondary N) is 3. The summed E-state index contributed by atoms with van der Waals surface area (Å²) in [7, 11) is 0. The first kappa shape index (κ1) is 32.7. The van der Waals surface area contributed by atoms with Crippen molar-refractivity contribution in [3.63, 3.8) is 0 Å². The number of hydrogen-bond acceptors (Lipinski definition) is 5. The van der Waals surface area contributed by atoms with Crippen molar-refractivity contribution in [2.24, 2.45) is 11.3 Å². The number of hydrogen-bond donors (Lipinski definition) is 3. The fraction of sp³-hybridized carbons (Fsp3) is 0.333. The highest BCUT2D eigenvalue weighted by Gasteiger charge is 2.33. The molecule has 0 saturated carbocycles. The van der Waals surface area contributed by atoms with Gasteiger partial charge in [0, 0.05) is 12.0 Å². The van der Waals surface area contributed by atoms with Crippen LogP contribution in [0.3, 0.4) is 0 Å². The summed E-state index contributed by atoms with van der Waals surface area (Å²) < 4.78 is 5.61. The van der Waals surface area contributed by atoms with Crippen molar-refractivity contribution in [2.45, 2.75) is 66.2 Å². The first-order valence-corrected chi connectivity index (χ1v) is 16.7. The third-order valence-electron chi connectivity index (χ3n) is 8.85. The smallest absolute Gasteiger partial charge is 0.410 e. The number of aromatic amines is 2. The lowest BCUT2D eigenvalue weighted by Crippen LogP contribution is -2.39. The molecule has 3 N–H and O–H groups in total. The molecule has 2 atom stereocenters. The van der Waals surface area contributed by atoms with E-state index in [2.05, 4.69) is 87.6 Å². The highest BCUT2D eigenvalue weighted by atomic mass is 16.6. The molecule has 1 saturated heterocycles. The van der Waals surface area contributed by atoms with Gasteiger partial charge in [-0.2, -0.15) is 0 Å². The van der Waals surface area contributed by atoms with Crippen molar-refractivity contribution in [3.8, 4) is 33.6 Å². The lowest BCUT2D eigenvalue weighted by molar-refractivity contribution is -0.129. The Labute approximate surface area is 282 Å². The number of amides is 2. The second kappa shape index (κ2) is 13.9. The van der Waals surface area contributed by atoms with Crippen molar-refractivity contribution in [1.82, 2.24) is 30.2 Å². The maximum Gasteiger partial charge on any atom is 0.410 e. The molecular formula is C39H44N6O3. The second-order valence-corrected chi connectivity index (χ2v) is 13.9. The molecule has 9 nitrogen and oxygen atoms in total. The number of ether oxygens (including phenoxy) is 1. The Bertz CT molecular complexity index is 1840. The van der Waals surface area contributed by atoms with Gasteiger partial charge in [0.2, 0.25) is 5.91 Å². The molecular weight excluding hydrogens is 600 g/mol. The molecule has 0 bridgehead atoms. The molecule has 0 spiro atoms. The first-order valence-electron chi connectivity index (χ1n) is 16.7. The Morgan fingerprint density at radius 2 is 1.44 bits per heavy atom. The zero-order valence-electron chi connectivity index (χ0n) is 28.3. The summed E-state index contributed by atoms with van der Waals surface area (Å²) in [5.41, 5.74) is 6.55. The minimum atomic E-state index is -0.477. The quantitative estimate of drug-likeness (QED) is 0.149. The summed E-state index contributed by atoms with van der Waals surface area (Å²) in [5, 5.41) is 3.16. The molecule has 2 amide bonds. The predicted molar refractivity (Wildman–Crippen MR) is 188 cm³/mol. The van der Waals surface area contributed by atoms with Gasteiger partial charge in [0.05, 0.1) is 35.9 Å². The molecule has 3 aromatic carbocycles. The minimum Gasteiger partial charge on any atom is -0.445 e. The highest BCUT2D eigenvalue weighted by molar-refractivity contribution is 5.81. The monoisotopic (exact) mass is 644 g/mol. The summed E-state index contributed by atoms with van der Waals surface area (Å²) in [4.78, 5) is 43.5. The van der Waals surface area contributed by atoms with E-state index in [1.807, 2.05) is 63.5 Å². The third-order valence-corrected chi connectivity index (χ3v) is 8.85. The van der Waals surface area contributed by atoms with Crippen molar-refractivity contribution < 1.29 is 14.3 Å². The Morgan fingerprint density at radius 3 is 2.04 bits per heavy atom. The topological polar surface area (TPSA) is 116 Å². The van der Waals surface area contributed by atoms with Gasteiger partial charge in [0.1, 0.15) is 18.3 Å². The van der Waals surface area contributed by atoms with E-state index < -0.39 is 5.41 Å². The molecule has 0 radical (unpaired) electrons. The molecule has 6 rings (SSSR count). The number of benzene rings is 3. The summed E-state index contributed by atoms with van der Waals surface area (Å²) in [5.74, 6) is 1.71. The van der Waals surface area contributed by atoms with Crippen LogP contribution in [0.1, 0.15) is 76.8 Å². The maximum atomic E-state index is 12.9. The first-order chi connectivity index (χ1) is 23.1. The van der Waals surface area contributed by atoms with Crippen LogP contribution in [0.25, 0.3) is 33.6 Å².